The topological polar surface area (TPSA) is 36.1 Å². The number of carbonyl (C=O) groups is 1. The molecule has 1 aliphatic heterocycles. The number of piperidine rings is 1. The Hall–Kier alpha value is -1.48. The molecule has 22 heavy (non-hydrogen) atoms. The summed E-state index contributed by atoms with van der Waals surface area (Å²) < 4.78 is 0. The van der Waals surface area contributed by atoms with Crippen molar-refractivity contribution >= 4 is 28.4 Å². The van der Waals surface area contributed by atoms with Crippen molar-refractivity contribution in [3.63, 3.8) is 0 Å². The molecule has 0 spiro atoms. The molecule has 1 aromatic carbocycles. The third-order valence-electron chi connectivity index (χ3n) is 5.32. The molecule has 116 valence electrons. The molecule has 1 saturated carbocycles. The van der Waals surface area contributed by atoms with Gasteiger partial charge in [-0.25, -0.2) is 0 Å². The standard InChI is InChI=1S/C18H21ClN2O/c19-14-8-7-13-10-16(20-15(13)11-14)18(22)21-9-3-5-12-4-1-2-6-17(12)21/h7-8,10-12,17,20H,1-6,9H2. The Kier molecular flexibility index (Phi) is 3.61. The van der Waals surface area contributed by atoms with Crippen LogP contribution in [-0.4, -0.2) is 28.4 Å². The molecule has 2 heterocycles. The number of hydrogen-bond donors (Lipinski definition) is 1. The number of halogens is 1. The lowest BCUT2D eigenvalue weighted by molar-refractivity contribution is 0.0386. The molecule has 2 aromatic rings. The second-order valence-corrected chi connectivity index (χ2v) is 7.10. The number of likely N-dealkylation sites (tertiary alicyclic amines) is 1. The average Bonchev–Trinajstić information content (AvgIpc) is 2.96. The van der Waals surface area contributed by atoms with E-state index in [2.05, 4.69) is 9.88 Å². The van der Waals surface area contributed by atoms with E-state index in [1.165, 1.54) is 32.1 Å². The molecule has 2 aliphatic rings. The van der Waals surface area contributed by atoms with Crippen molar-refractivity contribution in [3.8, 4) is 0 Å². The number of aromatic nitrogens is 1. The molecule has 0 radical (unpaired) electrons. The van der Waals surface area contributed by atoms with Gasteiger partial charge in [0.1, 0.15) is 5.69 Å². The number of H-pyrrole nitrogens is 1. The summed E-state index contributed by atoms with van der Waals surface area (Å²) in [4.78, 5) is 18.3. The van der Waals surface area contributed by atoms with Gasteiger partial charge in [-0.15, -0.1) is 0 Å². The highest BCUT2D eigenvalue weighted by atomic mass is 35.5. The number of hydrogen-bond acceptors (Lipinski definition) is 1. The van der Waals surface area contributed by atoms with Gasteiger partial charge in [0, 0.05) is 28.5 Å². The summed E-state index contributed by atoms with van der Waals surface area (Å²) in [6.07, 6.45) is 7.47. The van der Waals surface area contributed by atoms with Crippen LogP contribution in [-0.2, 0) is 0 Å². The summed E-state index contributed by atoms with van der Waals surface area (Å²) in [6, 6.07) is 8.12. The summed E-state index contributed by atoms with van der Waals surface area (Å²) in [5.41, 5.74) is 1.64. The number of benzene rings is 1. The van der Waals surface area contributed by atoms with Gasteiger partial charge >= 0.3 is 0 Å². The SMILES string of the molecule is O=C(c1cc2ccc(Cl)cc2[nH]1)N1CCCC2CCCCC21. The quantitative estimate of drug-likeness (QED) is 0.819. The van der Waals surface area contributed by atoms with Crippen LogP contribution in [0.25, 0.3) is 10.9 Å². The summed E-state index contributed by atoms with van der Waals surface area (Å²) >= 11 is 6.03. The van der Waals surface area contributed by atoms with Crippen molar-refractivity contribution in [2.24, 2.45) is 5.92 Å². The first-order valence-electron chi connectivity index (χ1n) is 8.31. The van der Waals surface area contributed by atoms with Gasteiger partial charge in [0.25, 0.3) is 5.91 Å². The van der Waals surface area contributed by atoms with Crippen LogP contribution in [0.15, 0.2) is 24.3 Å². The Morgan fingerprint density at radius 3 is 2.86 bits per heavy atom. The Morgan fingerprint density at radius 2 is 1.95 bits per heavy atom. The summed E-state index contributed by atoms with van der Waals surface area (Å²) in [6.45, 7) is 0.899. The number of rotatable bonds is 1. The maximum Gasteiger partial charge on any atom is 0.270 e. The Labute approximate surface area is 135 Å². The average molecular weight is 317 g/mol. The van der Waals surface area contributed by atoms with Crippen molar-refractivity contribution in [2.75, 3.05) is 6.54 Å². The van der Waals surface area contributed by atoms with Gasteiger partial charge in [0.15, 0.2) is 0 Å². The first-order valence-corrected chi connectivity index (χ1v) is 8.69. The van der Waals surface area contributed by atoms with Crippen LogP contribution >= 0.6 is 11.6 Å². The van der Waals surface area contributed by atoms with Crippen LogP contribution in [0.3, 0.4) is 0 Å². The minimum absolute atomic E-state index is 0.156. The van der Waals surface area contributed by atoms with E-state index in [-0.39, 0.29) is 5.91 Å². The van der Waals surface area contributed by atoms with Crippen LogP contribution < -0.4 is 0 Å². The number of amides is 1. The summed E-state index contributed by atoms with van der Waals surface area (Å²) in [5.74, 6) is 0.870. The van der Waals surface area contributed by atoms with E-state index in [1.807, 2.05) is 24.3 Å². The van der Waals surface area contributed by atoms with Gasteiger partial charge in [0.05, 0.1) is 0 Å². The van der Waals surface area contributed by atoms with Gasteiger partial charge in [-0.3, -0.25) is 4.79 Å². The molecule has 2 atom stereocenters. The van der Waals surface area contributed by atoms with Crippen LogP contribution in [0.5, 0.6) is 0 Å². The van der Waals surface area contributed by atoms with E-state index in [9.17, 15) is 4.79 Å². The smallest absolute Gasteiger partial charge is 0.270 e. The number of nitrogens with zero attached hydrogens (tertiary/aromatic N) is 1. The first-order chi connectivity index (χ1) is 10.7. The lowest BCUT2D eigenvalue weighted by Gasteiger charge is -2.44. The minimum atomic E-state index is 0.156. The largest absolute Gasteiger partial charge is 0.350 e. The highest BCUT2D eigenvalue weighted by Crippen LogP contribution is 2.36. The van der Waals surface area contributed by atoms with E-state index in [4.69, 9.17) is 11.6 Å². The van der Waals surface area contributed by atoms with Crippen LogP contribution in [0.4, 0.5) is 0 Å². The van der Waals surface area contributed by atoms with Crippen LogP contribution in [0.1, 0.15) is 49.0 Å². The van der Waals surface area contributed by atoms with E-state index < -0.39 is 0 Å². The third-order valence-corrected chi connectivity index (χ3v) is 5.55. The lowest BCUT2D eigenvalue weighted by atomic mass is 9.78. The second kappa shape index (κ2) is 5.62. The molecule has 2 fully saturated rings. The molecule has 4 rings (SSSR count). The predicted octanol–water partition coefficient (Wildman–Crippen LogP) is 4.62. The molecule has 1 amide bonds. The lowest BCUT2D eigenvalue weighted by Crippen LogP contribution is -2.49. The van der Waals surface area contributed by atoms with E-state index in [1.54, 1.807) is 0 Å². The number of fused-ring (bicyclic) bond motifs is 2. The molecule has 1 aliphatic carbocycles. The zero-order valence-corrected chi connectivity index (χ0v) is 13.4. The van der Waals surface area contributed by atoms with Gasteiger partial charge in [0.2, 0.25) is 0 Å². The first kappa shape index (κ1) is 14.1. The van der Waals surface area contributed by atoms with E-state index in [0.29, 0.717) is 22.7 Å². The highest BCUT2D eigenvalue weighted by molar-refractivity contribution is 6.31. The highest BCUT2D eigenvalue weighted by Gasteiger charge is 2.36. The minimum Gasteiger partial charge on any atom is -0.350 e. The van der Waals surface area contributed by atoms with Crippen molar-refractivity contribution in [1.29, 1.82) is 0 Å². The molecular weight excluding hydrogens is 296 g/mol. The van der Waals surface area contributed by atoms with Gasteiger partial charge in [-0.05, 0) is 49.8 Å². The molecule has 1 saturated heterocycles. The van der Waals surface area contributed by atoms with Crippen LogP contribution in [0, 0.1) is 5.92 Å². The fourth-order valence-corrected chi connectivity index (χ4v) is 4.42. The Bertz CT molecular complexity index is 706. The zero-order valence-electron chi connectivity index (χ0n) is 12.6. The van der Waals surface area contributed by atoms with Gasteiger partial charge in [-0.2, -0.15) is 0 Å². The molecule has 2 unspecified atom stereocenters. The summed E-state index contributed by atoms with van der Waals surface area (Å²) in [7, 11) is 0. The van der Waals surface area contributed by atoms with E-state index >= 15 is 0 Å². The molecule has 1 aromatic heterocycles. The van der Waals surface area contributed by atoms with Crippen molar-refractivity contribution < 1.29 is 4.79 Å². The van der Waals surface area contributed by atoms with Crippen molar-refractivity contribution in [1.82, 2.24) is 9.88 Å². The zero-order chi connectivity index (χ0) is 15.1. The molecule has 4 heteroatoms. The van der Waals surface area contributed by atoms with Crippen LogP contribution in [0.2, 0.25) is 5.02 Å². The number of aromatic amines is 1. The number of carbonyl (C=O) groups excluding carboxylic acids is 1. The van der Waals surface area contributed by atoms with Gasteiger partial charge in [-0.1, -0.05) is 30.5 Å². The maximum absolute atomic E-state index is 13.0. The normalized spacial score (nSPS) is 25.2. The van der Waals surface area contributed by atoms with E-state index in [0.717, 1.165) is 23.9 Å². The molecule has 0 bridgehead atoms. The van der Waals surface area contributed by atoms with Crippen molar-refractivity contribution in [2.45, 2.75) is 44.6 Å². The monoisotopic (exact) mass is 316 g/mol. The predicted molar refractivity (Wildman–Crippen MR) is 89.3 cm³/mol. The fourth-order valence-electron chi connectivity index (χ4n) is 4.25. The maximum atomic E-state index is 13.0. The molecular formula is C18H21ClN2O. The Morgan fingerprint density at radius 1 is 1.14 bits per heavy atom. The van der Waals surface area contributed by atoms with Gasteiger partial charge < -0.3 is 9.88 Å². The molecule has 3 nitrogen and oxygen atoms in total. The Balaban J connectivity index is 1.64. The fraction of sp³-hybridized carbons (Fsp3) is 0.500. The molecule has 1 N–H and O–H groups in total. The summed E-state index contributed by atoms with van der Waals surface area (Å²) in [5, 5.41) is 1.74. The van der Waals surface area contributed by atoms with Crippen molar-refractivity contribution in [3.05, 3.63) is 35.0 Å². The number of nitrogens with one attached hydrogen (secondary N) is 1. The third kappa shape index (κ3) is 2.41. The second-order valence-electron chi connectivity index (χ2n) is 6.67.